The molecule has 31 heavy (non-hydrogen) atoms. The van der Waals surface area contributed by atoms with E-state index in [4.69, 9.17) is 4.52 Å². The van der Waals surface area contributed by atoms with Crippen molar-refractivity contribution in [3.8, 4) is 0 Å². The number of carbonyl (C=O) groups is 2. The molecule has 0 radical (unpaired) electrons. The lowest BCUT2D eigenvalue weighted by atomic mass is 9.80. The number of amides is 2. The van der Waals surface area contributed by atoms with E-state index in [9.17, 15) is 9.59 Å². The van der Waals surface area contributed by atoms with E-state index in [0.717, 1.165) is 31.2 Å². The first-order valence-electron chi connectivity index (χ1n) is 11.3. The lowest BCUT2D eigenvalue weighted by molar-refractivity contribution is -0.134. The number of nitrogens with one attached hydrogen (secondary N) is 1. The van der Waals surface area contributed by atoms with Crippen LogP contribution in [0.15, 0.2) is 34.9 Å². The van der Waals surface area contributed by atoms with Gasteiger partial charge in [0.25, 0.3) is 0 Å². The van der Waals surface area contributed by atoms with Gasteiger partial charge in [-0.3, -0.25) is 9.59 Å². The molecule has 3 aliphatic rings. The lowest BCUT2D eigenvalue weighted by Crippen LogP contribution is -2.43. The number of hydrogen-bond acceptors (Lipinski definition) is 5. The highest BCUT2D eigenvalue weighted by atomic mass is 16.5. The largest absolute Gasteiger partial charge is 0.353 e. The average Bonchev–Trinajstić information content (AvgIpc) is 3.16. The molecule has 1 aliphatic heterocycles. The summed E-state index contributed by atoms with van der Waals surface area (Å²) in [5, 5.41) is 7.36. The fraction of sp³-hybridized carbons (Fsp3) is 0.583. The third-order valence-corrected chi connectivity index (χ3v) is 7.48. The molecule has 2 aromatic rings. The third kappa shape index (κ3) is 3.25. The summed E-state index contributed by atoms with van der Waals surface area (Å²) in [6.45, 7) is 6.93. The van der Waals surface area contributed by atoms with Gasteiger partial charge < -0.3 is 14.7 Å². The van der Waals surface area contributed by atoms with Gasteiger partial charge in [0.2, 0.25) is 17.7 Å². The van der Waals surface area contributed by atoms with Crippen LogP contribution in [0.25, 0.3) is 0 Å². The minimum absolute atomic E-state index is 0.0437. The van der Waals surface area contributed by atoms with Gasteiger partial charge in [-0.05, 0) is 44.1 Å². The summed E-state index contributed by atoms with van der Waals surface area (Å²) in [5.41, 5.74) is 0.335. The van der Waals surface area contributed by atoms with E-state index in [1.807, 2.05) is 56.0 Å². The van der Waals surface area contributed by atoms with E-state index in [1.165, 1.54) is 0 Å². The Labute approximate surface area is 182 Å². The van der Waals surface area contributed by atoms with Crippen LogP contribution in [0.3, 0.4) is 0 Å². The van der Waals surface area contributed by atoms with Crippen LogP contribution >= 0.6 is 0 Å². The van der Waals surface area contributed by atoms with Crippen molar-refractivity contribution in [2.24, 2.45) is 11.8 Å². The second kappa shape index (κ2) is 7.18. The normalized spacial score (nSPS) is 28.6. The minimum Gasteiger partial charge on any atom is -0.353 e. The number of aromatic nitrogens is 2. The second-order valence-electron chi connectivity index (χ2n) is 9.93. The summed E-state index contributed by atoms with van der Waals surface area (Å²) in [7, 11) is 0. The predicted octanol–water partition coefficient (Wildman–Crippen LogP) is 2.74. The van der Waals surface area contributed by atoms with E-state index in [-0.39, 0.29) is 40.5 Å². The molecule has 164 valence electrons. The van der Waals surface area contributed by atoms with Crippen LogP contribution in [0.2, 0.25) is 0 Å². The zero-order valence-corrected chi connectivity index (χ0v) is 18.4. The molecule has 3 atom stereocenters. The molecule has 7 heteroatoms. The van der Waals surface area contributed by atoms with Gasteiger partial charge in [0.1, 0.15) is 0 Å². The van der Waals surface area contributed by atoms with E-state index in [2.05, 4.69) is 15.5 Å². The van der Waals surface area contributed by atoms with Gasteiger partial charge in [-0.25, -0.2) is 0 Å². The molecule has 1 N–H and O–H groups in total. The lowest BCUT2D eigenvalue weighted by Gasteiger charge is -2.27. The first kappa shape index (κ1) is 20.2. The number of carbonyl (C=O) groups excluding carboxylic acids is 2. The quantitative estimate of drug-likeness (QED) is 0.800. The Morgan fingerprint density at radius 1 is 1.23 bits per heavy atom. The standard InChI is InChI=1S/C24H30N4O3/c1-15(2)20(29)28-13-18-11-19(12-24(18,14-28)22-25-16(3)27-31-22)26-21(30)23(9-10-23)17-7-5-4-6-8-17/h4-8,15,18-19H,9-14H2,1-3H3,(H,26,30)/t18-,19+,24-/m0/s1. The first-order valence-corrected chi connectivity index (χ1v) is 11.3. The maximum Gasteiger partial charge on any atom is 0.235 e. The third-order valence-electron chi connectivity index (χ3n) is 7.48. The molecule has 3 fully saturated rings. The summed E-state index contributed by atoms with van der Waals surface area (Å²) in [6, 6.07) is 10.1. The van der Waals surface area contributed by atoms with Crippen molar-refractivity contribution in [3.05, 3.63) is 47.6 Å². The highest BCUT2D eigenvalue weighted by Gasteiger charge is 2.59. The van der Waals surface area contributed by atoms with Crippen molar-refractivity contribution >= 4 is 11.8 Å². The monoisotopic (exact) mass is 422 g/mol. The van der Waals surface area contributed by atoms with Gasteiger partial charge in [-0.15, -0.1) is 0 Å². The smallest absolute Gasteiger partial charge is 0.235 e. The van der Waals surface area contributed by atoms with E-state index in [1.54, 1.807) is 0 Å². The number of nitrogens with zero attached hydrogens (tertiary/aromatic N) is 3. The fourth-order valence-electron chi connectivity index (χ4n) is 5.70. The Morgan fingerprint density at radius 3 is 2.58 bits per heavy atom. The summed E-state index contributed by atoms with van der Waals surface area (Å²) in [4.78, 5) is 32.5. The Balaban J connectivity index is 1.36. The van der Waals surface area contributed by atoms with Crippen LogP contribution in [-0.4, -0.2) is 46.0 Å². The van der Waals surface area contributed by atoms with Crippen molar-refractivity contribution < 1.29 is 14.1 Å². The Hall–Kier alpha value is -2.70. The number of rotatable bonds is 5. The molecule has 0 unspecified atom stereocenters. The van der Waals surface area contributed by atoms with Crippen molar-refractivity contribution in [1.82, 2.24) is 20.4 Å². The summed E-state index contributed by atoms with van der Waals surface area (Å²) in [5.74, 6) is 1.64. The van der Waals surface area contributed by atoms with Crippen LogP contribution in [-0.2, 0) is 20.4 Å². The Morgan fingerprint density at radius 2 is 1.97 bits per heavy atom. The molecule has 7 nitrogen and oxygen atoms in total. The molecule has 0 spiro atoms. The second-order valence-corrected chi connectivity index (χ2v) is 9.93. The fourth-order valence-corrected chi connectivity index (χ4v) is 5.70. The number of likely N-dealkylation sites (tertiary alicyclic amines) is 1. The van der Waals surface area contributed by atoms with Gasteiger partial charge in [-0.2, -0.15) is 4.98 Å². The Kier molecular flexibility index (Phi) is 4.68. The zero-order valence-electron chi connectivity index (χ0n) is 18.4. The predicted molar refractivity (Wildman–Crippen MR) is 114 cm³/mol. The molecule has 1 aromatic heterocycles. The molecule has 0 bridgehead atoms. The topological polar surface area (TPSA) is 88.3 Å². The highest BCUT2D eigenvalue weighted by Crippen LogP contribution is 2.52. The molecule has 2 heterocycles. The summed E-state index contributed by atoms with van der Waals surface area (Å²) >= 11 is 0. The number of hydrogen-bond donors (Lipinski definition) is 1. The molecule has 1 aromatic carbocycles. The molecule has 2 amide bonds. The van der Waals surface area contributed by atoms with Gasteiger partial charge >= 0.3 is 0 Å². The molecule has 2 saturated carbocycles. The van der Waals surface area contributed by atoms with Gasteiger partial charge in [0.05, 0.1) is 10.8 Å². The maximum absolute atomic E-state index is 13.3. The Bertz CT molecular complexity index is 997. The van der Waals surface area contributed by atoms with Crippen LogP contribution in [0, 0.1) is 18.8 Å². The van der Waals surface area contributed by atoms with Crippen LogP contribution < -0.4 is 5.32 Å². The number of benzene rings is 1. The molecule has 1 saturated heterocycles. The average molecular weight is 423 g/mol. The maximum atomic E-state index is 13.3. The van der Waals surface area contributed by atoms with Crippen molar-refractivity contribution in [3.63, 3.8) is 0 Å². The molecule has 5 rings (SSSR count). The van der Waals surface area contributed by atoms with Crippen LogP contribution in [0.5, 0.6) is 0 Å². The molecular weight excluding hydrogens is 392 g/mol. The van der Waals surface area contributed by atoms with E-state index in [0.29, 0.717) is 24.8 Å². The van der Waals surface area contributed by atoms with Gasteiger partial charge in [-0.1, -0.05) is 49.3 Å². The molecular formula is C24H30N4O3. The van der Waals surface area contributed by atoms with E-state index < -0.39 is 0 Å². The van der Waals surface area contributed by atoms with Crippen LogP contribution in [0.1, 0.15) is 56.8 Å². The summed E-state index contributed by atoms with van der Waals surface area (Å²) in [6.07, 6.45) is 3.32. The zero-order chi connectivity index (χ0) is 21.8. The van der Waals surface area contributed by atoms with Crippen molar-refractivity contribution in [2.45, 2.75) is 63.3 Å². The van der Waals surface area contributed by atoms with E-state index >= 15 is 0 Å². The van der Waals surface area contributed by atoms with Crippen molar-refractivity contribution in [1.29, 1.82) is 0 Å². The summed E-state index contributed by atoms with van der Waals surface area (Å²) < 4.78 is 5.63. The van der Waals surface area contributed by atoms with Gasteiger partial charge in [0, 0.05) is 25.0 Å². The molecule has 2 aliphatic carbocycles. The number of fused-ring (bicyclic) bond motifs is 1. The van der Waals surface area contributed by atoms with Gasteiger partial charge in [0.15, 0.2) is 5.82 Å². The SMILES string of the molecule is Cc1noc([C@]23C[C@H](NC(=O)C4(c5ccccc5)CC4)C[C@H]2CN(C(=O)C(C)C)C3)n1. The highest BCUT2D eigenvalue weighted by molar-refractivity contribution is 5.91. The minimum atomic E-state index is -0.382. The van der Waals surface area contributed by atoms with Crippen LogP contribution in [0.4, 0.5) is 0 Å². The number of aryl methyl sites for hydroxylation is 1. The van der Waals surface area contributed by atoms with Crippen molar-refractivity contribution in [2.75, 3.05) is 13.1 Å². The first-order chi connectivity index (χ1) is 14.8.